The maximum atomic E-state index is 9.38. The monoisotopic (exact) mass is 310 g/mol. The molecule has 0 radical (unpaired) electrons. The van der Waals surface area contributed by atoms with Crippen LogP contribution in [0.4, 0.5) is 0 Å². The minimum absolute atomic E-state index is 0.170. The molecule has 0 atom stereocenters. The third-order valence-corrected chi connectivity index (χ3v) is 3.50. The second-order valence-corrected chi connectivity index (χ2v) is 5.16. The van der Waals surface area contributed by atoms with Crippen LogP contribution in [0.1, 0.15) is 17.0 Å². The summed E-state index contributed by atoms with van der Waals surface area (Å²) in [6, 6.07) is 16.0. The van der Waals surface area contributed by atoms with Crippen molar-refractivity contribution in [2.75, 3.05) is 0 Å². The lowest BCUT2D eigenvalue weighted by Gasteiger charge is -2.07. The minimum Gasteiger partial charge on any atom is -0.508 e. The van der Waals surface area contributed by atoms with E-state index in [1.54, 1.807) is 41.1 Å². The van der Waals surface area contributed by atoms with Crippen molar-refractivity contribution < 1.29 is 5.11 Å². The Labute approximate surface area is 132 Å². The summed E-state index contributed by atoms with van der Waals surface area (Å²) in [6.45, 7) is 0. The summed E-state index contributed by atoms with van der Waals surface area (Å²) in [5.41, 5.74) is 2.71. The van der Waals surface area contributed by atoms with Crippen LogP contribution in [-0.4, -0.2) is 20.1 Å². The van der Waals surface area contributed by atoms with E-state index < -0.39 is 0 Å². The molecule has 6 heteroatoms. The number of phenolic OH excluding ortho intramolecular Hbond substituents is 1. The summed E-state index contributed by atoms with van der Waals surface area (Å²) in [6.07, 6.45) is 0.508. The molecule has 0 spiro atoms. The lowest BCUT2D eigenvalue weighted by atomic mass is 10.1. The van der Waals surface area contributed by atoms with E-state index in [1.807, 2.05) is 12.1 Å². The van der Waals surface area contributed by atoms with Crippen LogP contribution in [0.3, 0.4) is 0 Å². The number of rotatable bonds is 3. The van der Waals surface area contributed by atoms with Crippen molar-refractivity contribution in [3.05, 3.63) is 70.5 Å². The van der Waals surface area contributed by atoms with Crippen LogP contribution in [0.5, 0.6) is 5.75 Å². The minimum atomic E-state index is 0.170. The third-order valence-electron chi connectivity index (χ3n) is 3.25. The highest BCUT2D eigenvalue weighted by molar-refractivity contribution is 6.30. The average molecular weight is 311 g/mol. The maximum Gasteiger partial charge on any atom is 0.186 e. The quantitative estimate of drug-likeness (QED) is 0.806. The van der Waals surface area contributed by atoms with E-state index in [9.17, 15) is 10.4 Å². The van der Waals surface area contributed by atoms with Gasteiger partial charge in [-0.1, -0.05) is 28.9 Å². The zero-order chi connectivity index (χ0) is 15.5. The van der Waals surface area contributed by atoms with Crippen molar-refractivity contribution in [3.8, 4) is 17.5 Å². The molecule has 1 heterocycles. The summed E-state index contributed by atoms with van der Waals surface area (Å²) in [5.74, 6) is 0.170. The lowest BCUT2D eigenvalue weighted by molar-refractivity contribution is 0.475. The summed E-state index contributed by atoms with van der Waals surface area (Å²) in [7, 11) is 0. The van der Waals surface area contributed by atoms with Gasteiger partial charge in [-0.3, -0.25) is 0 Å². The second kappa shape index (κ2) is 5.88. The zero-order valence-corrected chi connectivity index (χ0v) is 12.2. The number of nitrogens with zero attached hydrogens (tertiary/aromatic N) is 4. The van der Waals surface area contributed by atoms with Crippen LogP contribution in [0, 0.1) is 11.3 Å². The van der Waals surface area contributed by atoms with Gasteiger partial charge in [0.15, 0.2) is 5.69 Å². The molecule has 0 saturated heterocycles. The average Bonchev–Trinajstić information content (AvgIpc) is 2.93. The number of hydrogen-bond donors (Lipinski definition) is 1. The van der Waals surface area contributed by atoms with Crippen molar-refractivity contribution in [2.45, 2.75) is 6.42 Å². The molecule has 2 aromatic carbocycles. The Morgan fingerprint density at radius 3 is 2.41 bits per heavy atom. The molecule has 0 aliphatic heterocycles. The van der Waals surface area contributed by atoms with Gasteiger partial charge in [-0.2, -0.15) is 5.26 Å². The van der Waals surface area contributed by atoms with Gasteiger partial charge in [-0.15, -0.1) is 5.10 Å². The molecule has 22 heavy (non-hydrogen) atoms. The SMILES string of the molecule is N#Cc1nnn(-c2ccc(O)cc2)c1Cc1ccc(Cl)cc1. The van der Waals surface area contributed by atoms with Gasteiger partial charge in [0.1, 0.15) is 11.8 Å². The smallest absolute Gasteiger partial charge is 0.186 e. The fourth-order valence-electron chi connectivity index (χ4n) is 2.14. The normalized spacial score (nSPS) is 10.4. The molecular weight excluding hydrogens is 300 g/mol. The fraction of sp³-hybridized carbons (Fsp3) is 0.0625. The molecule has 0 fully saturated rings. The third kappa shape index (κ3) is 2.78. The van der Waals surface area contributed by atoms with E-state index in [4.69, 9.17) is 11.6 Å². The first-order chi connectivity index (χ1) is 10.7. The van der Waals surface area contributed by atoms with E-state index in [0.717, 1.165) is 11.3 Å². The van der Waals surface area contributed by atoms with Gasteiger partial charge >= 0.3 is 0 Å². The van der Waals surface area contributed by atoms with E-state index in [1.165, 1.54) is 0 Å². The number of phenols is 1. The predicted molar refractivity (Wildman–Crippen MR) is 82.0 cm³/mol. The number of hydrogen-bond acceptors (Lipinski definition) is 4. The summed E-state index contributed by atoms with van der Waals surface area (Å²) >= 11 is 5.89. The van der Waals surface area contributed by atoms with Crippen molar-refractivity contribution >= 4 is 11.6 Å². The molecule has 1 aromatic heterocycles. The van der Waals surface area contributed by atoms with Crippen LogP contribution in [0.2, 0.25) is 5.02 Å². The second-order valence-electron chi connectivity index (χ2n) is 4.73. The number of halogens is 1. The van der Waals surface area contributed by atoms with Gasteiger partial charge in [-0.05, 0) is 42.0 Å². The Kier molecular flexibility index (Phi) is 3.77. The summed E-state index contributed by atoms with van der Waals surface area (Å²) in [5, 5.41) is 27.2. The standard InChI is InChI=1S/C16H11ClN4O/c17-12-3-1-11(2-4-12)9-16-15(10-18)19-20-21(16)13-5-7-14(22)8-6-13/h1-8,22H,9H2. The van der Waals surface area contributed by atoms with E-state index >= 15 is 0 Å². The van der Waals surface area contributed by atoms with Gasteiger partial charge in [0, 0.05) is 11.4 Å². The number of aromatic hydroxyl groups is 1. The van der Waals surface area contributed by atoms with E-state index in [-0.39, 0.29) is 11.4 Å². The lowest BCUT2D eigenvalue weighted by Crippen LogP contribution is -2.04. The van der Waals surface area contributed by atoms with Crippen molar-refractivity contribution in [1.82, 2.24) is 15.0 Å². The Bertz CT molecular complexity index is 832. The van der Waals surface area contributed by atoms with Gasteiger partial charge in [0.25, 0.3) is 0 Å². The van der Waals surface area contributed by atoms with Gasteiger partial charge < -0.3 is 5.11 Å². The Morgan fingerprint density at radius 2 is 1.77 bits per heavy atom. The molecule has 1 N–H and O–H groups in total. The Balaban J connectivity index is 2.02. The number of nitriles is 1. The summed E-state index contributed by atoms with van der Waals surface area (Å²) < 4.78 is 1.60. The summed E-state index contributed by atoms with van der Waals surface area (Å²) in [4.78, 5) is 0. The number of benzene rings is 2. The Morgan fingerprint density at radius 1 is 1.09 bits per heavy atom. The predicted octanol–water partition coefficient (Wildman–Crippen LogP) is 3.09. The molecular formula is C16H11ClN4O. The molecule has 0 bridgehead atoms. The van der Waals surface area contributed by atoms with Crippen LogP contribution in [-0.2, 0) is 6.42 Å². The van der Waals surface area contributed by atoms with E-state index in [2.05, 4.69) is 16.4 Å². The Hall–Kier alpha value is -2.84. The first-order valence-electron chi connectivity index (χ1n) is 6.56. The molecule has 3 aromatic rings. The van der Waals surface area contributed by atoms with Gasteiger partial charge in [0.2, 0.25) is 0 Å². The van der Waals surface area contributed by atoms with Gasteiger partial charge in [-0.25, -0.2) is 4.68 Å². The van der Waals surface area contributed by atoms with Crippen LogP contribution in [0.25, 0.3) is 5.69 Å². The molecule has 108 valence electrons. The van der Waals surface area contributed by atoms with Crippen LogP contribution < -0.4 is 0 Å². The number of aromatic nitrogens is 3. The molecule has 0 aliphatic carbocycles. The highest BCUT2D eigenvalue weighted by Crippen LogP contribution is 2.19. The first kappa shape index (κ1) is 14.1. The highest BCUT2D eigenvalue weighted by Gasteiger charge is 2.14. The van der Waals surface area contributed by atoms with E-state index in [0.29, 0.717) is 17.1 Å². The van der Waals surface area contributed by atoms with Gasteiger partial charge in [0.05, 0.1) is 11.4 Å². The largest absolute Gasteiger partial charge is 0.508 e. The van der Waals surface area contributed by atoms with Crippen molar-refractivity contribution in [1.29, 1.82) is 5.26 Å². The molecule has 0 amide bonds. The molecule has 5 nitrogen and oxygen atoms in total. The molecule has 0 saturated carbocycles. The van der Waals surface area contributed by atoms with Crippen LogP contribution >= 0.6 is 11.6 Å². The molecule has 0 aliphatic rings. The van der Waals surface area contributed by atoms with Crippen molar-refractivity contribution in [2.24, 2.45) is 0 Å². The van der Waals surface area contributed by atoms with Crippen molar-refractivity contribution in [3.63, 3.8) is 0 Å². The molecule has 3 rings (SSSR count). The fourth-order valence-corrected chi connectivity index (χ4v) is 2.27. The molecule has 0 unspecified atom stereocenters. The van der Waals surface area contributed by atoms with Crippen LogP contribution in [0.15, 0.2) is 48.5 Å². The highest BCUT2D eigenvalue weighted by atomic mass is 35.5. The first-order valence-corrected chi connectivity index (χ1v) is 6.93. The zero-order valence-electron chi connectivity index (χ0n) is 11.4. The topological polar surface area (TPSA) is 74.7 Å². The maximum absolute atomic E-state index is 9.38.